The van der Waals surface area contributed by atoms with Gasteiger partial charge in [-0.3, -0.25) is 9.69 Å². The van der Waals surface area contributed by atoms with Crippen molar-refractivity contribution in [1.29, 1.82) is 0 Å². The fraction of sp³-hybridized carbons (Fsp3) is 0.500. The monoisotopic (exact) mass is 377 g/mol. The van der Waals surface area contributed by atoms with Crippen molar-refractivity contribution in [2.24, 2.45) is 0 Å². The summed E-state index contributed by atoms with van der Waals surface area (Å²) in [4.78, 5) is 25.9. The molecule has 0 heterocycles. The lowest BCUT2D eigenvalue weighted by Crippen LogP contribution is -2.47. The van der Waals surface area contributed by atoms with Crippen LogP contribution in [0.2, 0.25) is 0 Å². The van der Waals surface area contributed by atoms with Gasteiger partial charge in [-0.1, -0.05) is 50.1 Å². The first-order chi connectivity index (χ1) is 10.6. The molecule has 0 saturated heterocycles. The quantitative estimate of drug-likeness (QED) is 0.684. The van der Waals surface area contributed by atoms with Gasteiger partial charge in [-0.05, 0) is 18.9 Å². The minimum Gasteiger partial charge on any atom is -0.542 e. The molecule has 1 rings (SSSR count). The number of carbonyl (C=O) groups is 2. The van der Waals surface area contributed by atoms with E-state index in [-0.39, 0.29) is 30.9 Å². The highest BCUT2D eigenvalue weighted by atomic mass is 35.5. The van der Waals surface area contributed by atoms with Crippen molar-refractivity contribution in [3.05, 3.63) is 35.9 Å². The van der Waals surface area contributed by atoms with Gasteiger partial charge in [-0.25, -0.2) is 4.79 Å². The Morgan fingerprint density at radius 2 is 1.79 bits per heavy atom. The van der Waals surface area contributed by atoms with Crippen molar-refractivity contribution in [2.45, 2.75) is 45.2 Å². The molecule has 1 amide bonds. The summed E-state index contributed by atoms with van der Waals surface area (Å²) in [6.07, 6.45) is 1.79. The normalized spacial score (nSPS) is 12.0. The number of nitrogens with zero attached hydrogens (tertiary/aromatic N) is 1. The lowest BCUT2D eigenvalue weighted by atomic mass is 10.0. The second kappa shape index (κ2) is 13.0. The van der Waals surface area contributed by atoms with Gasteiger partial charge in [-0.2, -0.15) is 0 Å². The molecule has 0 spiro atoms. The summed E-state index contributed by atoms with van der Waals surface area (Å²) in [6, 6.07) is 8.64. The molecule has 0 aromatic heterocycles. The fourth-order valence-corrected chi connectivity index (χ4v) is 2.46. The first-order valence-electron chi connectivity index (χ1n) is 7.55. The molecule has 0 aliphatic rings. The highest BCUT2D eigenvalue weighted by molar-refractivity contribution is 6.06. The second-order valence-electron chi connectivity index (χ2n) is 5.15. The van der Waals surface area contributed by atoms with Crippen molar-refractivity contribution in [3.63, 3.8) is 0 Å². The molecule has 5 nitrogen and oxygen atoms in total. The molecule has 0 aliphatic heterocycles. The molecule has 136 valence electrons. The van der Waals surface area contributed by atoms with E-state index in [1.807, 2.05) is 44.2 Å². The maximum Gasteiger partial charge on any atom is 0.410 e. The second-order valence-corrected chi connectivity index (χ2v) is 5.15. The molecule has 8 heteroatoms. The molecule has 1 aromatic rings. The first kappa shape index (κ1) is 24.9. The van der Waals surface area contributed by atoms with Gasteiger partial charge in [-0.15, -0.1) is 24.8 Å². The van der Waals surface area contributed by atoms with Crippen molar-refractivity contribution in [3.8, 4) is 0 Å². The Kier molecular flexibility index (Phi) is 13.4. The zero-order valence-electron chi connectivity index (χ0n) is 14.6. The molecule has 0 bridgehead atoms. The topological polar surface area (TPSA) is 55.8 Å². The first-order valence-corrected chi connectivity index (χ1v) is 7.55. The Morgan fingerprint density at radius 3 is 2.25 bits per heavy atom. The molecule has 0 N–H and O–H groups in total. The third-order valence-electron chi connectivity index (χ3n) is 3.72. The Hall–Kier alpha value is -1.40. The molecule has 1 aromatic carbocycles. The minimum absolute atomic E-state index is 0. The minimum atomic E-state index is -0.646. The largest absolute Gasteiger partial charge is 0.542 e. The summed E-state index contributed by atoms with van der Waals surface area (Å²) in [7, 11) is 2.66. The predicted octanol–water partition coefficient (Wildman–Crippen LogP) is 3.31. The maximum absolute atomic E-state index is 12.2. The van der Waals surface area contributed by atoms with Crippen LogP contribution in [0.15, 0.2) is 30.3 Å². The number of halogens is 2. The van der Waals surface area contributed by atoms with E-state index in [9.17, 15) is 9.59 Å². The van der Waals surface area contributed by atoms with Crippen LogP contribution in [0.3, 0.4) is 0 Å². The molecular weight excluding hydrogens is 352 g/mol. The molecular formula is C16H26BCl2NO4. The van der Waals surface area contributed by atoms with Gasteiger partial charge in [0.15, 0.2) is 0 Å². The highest BCUT2D eigenvalue weighted by Gasteiger charge is 2.34. The van der Waals surface area contributed by atoms with Crippen LogP contribution < -0.4 is 0 Å². The molecule has 0 saturated carbocycles. The summed E-state index contributed by atoms with van der Waals surface area (Å²) in [6.45, 7) is 3.92. The van der Waals surface area contributed by atoms with Gasteiger partial charge in [0.05, 0.1) is 13.2 Å². The third kappa shape index (κ3) is 6.61. The van der Waals surface area contributed by atoms with Crippen LogP contribution in [0.1, 0.15) is 44.7 Å². The maximum atomic E-state index is 12.2. The number of rotatable bonds is 7. The predicted molar refractivity (Wildman–Crippen MR) is 102 cm³/mol. The van der Waals surface area contributed by atoms with E-state index in [0.717, 1.165) is 18.4 Å². The van der Waals surface area contributed by atoms with Crippen LogP contribution in [0.4, 0.5) is 4.79 Å². The van der Waals surface area contributed by atoms with Crippen molar-refractivity contribution in [2.75, 3.05) is 7.11 Å². The van der Waals surface area contributed by atoms with Crippen molar-refractivity contribution < 1.29 is 19.0 Å². The number of carbonyl (C=O) groups excluding carboxylic acids is 2. The summed E-state index contributed by atoms with van der Waals surface area (Å²) in [5, 5.41) is 0. The number of amides is 1. The summed E-state index contributed by atoms with van der Waals surface area (Å²) >= 11 is 0. The number of ether oxygens (including phenoxy) is 1. The van der Waals surface area contributed by atoms with Gasteiger partial charge in [0.25, 0.3) is 0 Å². The van der Waals surface area contributed by atoms with E-state index in [2.05, 4.69) is 0 Å². The summed E-state index contributed by atoms with van der Waals surface area (Å²) in [5.74, 6) is -0.415. The average molecular weight is 378 g/mol. The smallest absolute Gasteiger partial charge is 0.410 e. The van der Waals surface area contributed by atoms with Gasteiger partial charge in [0, 0.05) is 0 Å². The van der Waals surface area contributed by atoms with Gasteiger partial charge in [0.1, 0.15) is 6.04 Å². The van der Waals surface area contributed by atoms with E-state index < -0.39 is 18.1 Å². The molecule has 24 heavy (non-hydrogen) atoms. The Morgan fingerprint density at radius 1 is 1.21 bits per heavy atom. The van der Waals surface area contributed by atoms with Crippen LogP contribution in [0, 0.1) is 0 Å². The van der Waals surface area contributed by atoms with E-state index in [4.69, 9.17) is 9.39 Å². The fourth-order valence-electron chi connectivity index (χ4n) is 2.46. The lowest BCUT2D eigenvalue weighted by Gasteiger charge is -2.34. The molecule has 1 unspecified atom stereocenters. The third-order valence-corrected chi connectivity index (χ3v) is 3.72. The molecule has 0 aliphatic carbocycles. The van der Waals surface area contributed by atoms with Crippen LogP contribution in [0.5, 0.6) is 0 Å². The number of hydrogen-bond acceptors (Lipinski definition) is 4. The van der Waals surface area contributed by atoms with Gasteiger partial charge >= 0.3 is 20.1 Å². The van der Waals surface area contributed by atoms with Crippen molar-refractivity contribution >= 4 is 44.9 Å². The summed E-state index contributed by atoms with van der Waals surface area (Å²) in [5.41, 5.74) is 0.943. The van der Waals surface area contributed by atoms with Crippen LogP contribution >= 0.6 is 24.8 Å². The van der Waals surface area contributed by atoms with Crippen LogP contribution in [-0.4, -0.2) is 38.2 Å². The molecule has 0 fully saturated rings. The standard InChI is InChI=1S/C16H24BNO4.2ClH/c1-4-5-11-14(15(19)22-17)18(16(20)21-3)12(2)13-9-7-6-8-10-13;;/h6-10,12,14H,4-5,11,17H2,1-3H3;2*1H/t12-,14?;;/m0../s1. The van der Waals surface area contributed by atoms with E-state index in [1.165, 1.54) is 20.1 Å². The highest BCUT2D eigenvalue weighted by Crippen LogP contribution is 2.26. The Balaban J connectivity index is 0. The van der Waals surface area contributed by atoms with Gasteiger partial charge < -0.3 is 9.39 Å². The van der Waals surface area contributed by atoms with Crippen LogP contribution in [-0.2, 0) is 14.2 Å². The van der Waals surface area contributed by atoms with Crippen LogP contribution in [0.25, 0.3) is 0 Å². The SMILES string of the molecule is BOC(=O)C(CCCC)N(C(=O)OC)[C@@H](C)c1ccccc1.Cl.Cl. The zero-order chi connectivity index (χ0) is 16.5. The number of unbranched alkanes of at least 4 members (excludes halogenated alkanes) is 1. The van der Waals surface area contributed by atoms with E-state index in [1.54, 1.807) is 0 Å². The molecule has 2 atom stereocenters. The Labute approximate surface area is 157 Å². The zero-order valence-corrected chi connectivity index (χ0v) is 16.2. The number of methoxy groups -OCH3 is 1. The average Bonchev–Trinajstić information content (AvgIpc) is 2.57. The lowest BCUT2D eigenvalue weighted by molar-refractivity contribution is -0.140. The molecule has 0 radical (unpaired) electrons. The number of hydrogen-bond donors (Lipinski definition) is 0. The van der Waals surface area contributed by atoms with Crippen molar-refractivity contribution in [1.82, 2.24) is 4.90 Å². The Bertz CT molecular complexity index is 490. The number of benzene rings is 1. The van der Waals surface area contributed by atoms with Gasteiger partial charge in [0.2, 0.25) is 0 Å². The summed E-state index contributed by atoms with van der Waals surface area (Å²) < 4.78 is 9.77. The van der Waals surface area contributed by atoms with E-state index >= 15 is 0 Å². The van der Waals surface area contributed by atoms with E-state index in [0.29, 0.717) is 6.42 Å².